The molecule has 0 fully saturated rings. The molecule has 2 rings (SSSR count). The topological polar surface area (TPSA) is 30.5 Å². The maximum Gasteiger partial charge on any atom is 0.106 e. The molecule has 1 aliphatic rings. The summed E-state index contributed by atoms with van der Waals surface area (Å²) < 4.78 is 11.4. The zero-order valence-electron chi connectivity index (χ0n) is 10.4. The Hall–Kier alpha value is -0.900. The third kappa shape index (κ3) is 3.53. The minimum atomic E-state index is 0.113. The summed E-state index contributed by atoms with van der Waals surface area (Å²) in [6.45, 7) is 6.20. The fourth-order valence-electron chi connectivity index (χ4n) is 2.13. The van der Waals surface area contributed by atoms with Crippen molar-refractivity contribution in [3.05, 3.63) is 35.4 Å². The zero-order chi connectivity index (χ0) is 11.9. The highest BCUT2D eigenvalue weighted by Crippen LogP contribution is 2.26. The van der Waals surface area contributed by atoms with E-state index in [0.717, 1.165) is 32.7 Å². The largest absolute Gasteiger partial charge is 0.377 e. The molecule has 17 heavy (non-hydrogen) atoms. The fraction of sp³-hybridized carbons (Fsp3) is 0.571. The van der Waals surface area contributed by atoms with Crippen LogP contribution in [0.25, 0.3) is 0 Å². The van der Waals surface area contributed by atoms with E-state index < -0.39 is 0 Å². The highest BCUT2D eigenvalue weighted by atomic mass is 16.5. The summed E-state index contributed by atoms with van der Waals surface area (Å²) in [5.41, 5.74) is 2.70. The SMILES string of the molecule is CCNCCOCC1OCCc2ccccc21. The number of hydrogen-bond donors (Lipinski definition) is 1. The van der Waals surface area contributed by atoms with Crippen molar-refractivity contribution in [2.75, 3.05) is 32.9 Å². The van der Waals surface area contributed by atoms with Crippen LogP contribution in [0.5, 0.6) is 0 Å². The van der Waals surface area contributed by atoms with Crippen LogP contribution in [0.15, 0.2) is 24.3 Å². The molecule has 1 aromatic carbocycles. The van der Waals surface area contributed by atoms with Gasteiger partial charge in [0.15, 0.2) is 0 Å². The zero-order valence-corrected chi connectivity index (χ0v) is 10.4. The van der Waals surface area contributed by atoms with Crippen LogP contribution in [-0.2, 0) is 15.9 Å². The molecule has 0 bridgehead atoms. The van der Waals surface area contributed by atoms with Crippen molar-refractivity contribution in [1.82, 2.24) is 5.32 Å². The first-order chi connectivity index (χ1) is 8.42. The first kappa shape index (κ1) is 12.6. The fourth-order valence-corrected chi connectivity index (χ4v) is 2.13. The van der Waals surface area contributed by atoms with Crippen molar-refractivity contribution < 1.29 is 9.47 Å². The Morgan fingerprint density at radius 3 is 3.18 bits per heavy atom. The van der Waals surface area contributed by atoms with Gasteiger partial charge in [-0.3, -0.25) is 0 Å². The number of rotatable bonds is 6. The number of likely N-dealkylation sites (N-methyl/N-ethyl adjacent to an activating group) is 1. The predicted octanol–water partition coefficient (Wildman–Crippen LogP) is 1.93. The Morgan fingerprint density at radius 2 is 2.29 bits per heavy atom. The number of benzene rings is 1. The first-order valence-electron chi connectivity index (χ1n) is 6.39. The van der Waals surface area contributed by atoms with E-state index in [-0.39, 0.29) is 6.10 Å². The van der Waals surface area contributed by atoms with E-state index in [1.807, 2.05) is 0 Å². The molecular weight excluding hydrogens is 214 g/mol. The lowest BCUT2D eigenvalue weighted by molar-refractivity contribution is -0.0241. The maximum atomic E-state index is 5.77. The van der Waals surface area contributed by atoms with Gasteiger partial charge in [-0.25, -0.2) is 0 Å². The van der Waals surface area contributed by atoms with Crippen LogP contribution in [0.4, 0.5) is 0 Å². The lowest BCUT2D eigenvalue weighted by Crippen LogP contribution is -2.23. The molecule has 94 valence electrons. The first-order valence-corrected chi connectivity index (χ1v) is 6.39. The van der Waals surface area contributed by atoms with Crippen molar-refractivity contribution in [3.8, 4) is 0 Å². The van der Waals surface area contributed by atoms with Crippen molar-refractivity contribution in [2.45, 2.75) is 19.4 Å². The van der Waals surface area contributed by atoms with Crippen molar-refractivity contribution in [3.63, 3.8) is 0 Å². The number of hydrogen-bond acceptors (Lipinski definition) is 3. The smallest absolute Gasteiger partial charge is 0.106 e. The van der Waals surface area contributed by atoms with E-state index in [9.17, 15) is 0 Å². The molecule has 3 nitrogen and oxygen atoms in total. The van der Waals surface area contributed by atoms with Gasteiger partial charge >= 0.3 is 0 Å². The predicted molar refractivity (Wildman–Crippen MR) is 68.2 cm³/mol. The lowest BCUT2D eigenvalue weighted by Gasteiger charge is -2.25. The second-order valence-corrected chi connectivity index (χ2v) is 4.24. The number of fused-ring (bicyclic) bond motifs is 1. The molecule has 0 amide bonds. The Bertz CT molecular complexity index is 341. The lowest BCUT2D eigenvalue weighted by atomic mass is 9.98. The van der Waals surface area contributed by atoms with Crippen LogP contribution in [0.1, 0.15) is 24.2 Å². The Morgan fingerprint density at radius 1 is 1.41 bits per heavy atom. The molecule has 0 saturated heterocycles. The molecular formula is C14H21NO2. The van der Waals surface area contributed by atoms with Gasteiger partial charge < -0.3 is 14.8 Å². The average Bonchev–Trinajstić information content (AvgIpc) is 2.39. The van der Waals surface area contributed by atoms with Crippen LogP contribution < -0.4 is 5.32 Å². The van der Waals surface area contributed by atoms with Crippen LogP contribution in [-0.4, -0.2) is 32.9 Å². The number of nitrogens with one attached hydrogen (secondary N) is 1. The van der Waals surface area contributed by atoms with Crippen molar-refractivity contribution in [2.24, 2.45) is 0 Å². The Kier molecular flexibility index (Phi) is 4.98. The van der Waals surface area contributed by atoms with Gasteiger partial charge in [0, 0.05) is 6.54 Å². The molecule has 1 aliphatic heterocycles. The van der Waals surface area contributed by atoms with E-state index in [4.69, 9.17) is 9.47 Å². The molecule has 1 unspecified atom stereocenters. The quantitative estimate of drug-likeness (QED) is 0.764. The second kappa shape index (κ2) is 6.74. The minimum absolute atomic E-state index is 0.113. The summed E-state index contributed by atoms with van der Waals surface area (Å²) in [5.74, 6) is 0. The highest BCUT2D eigenvalue weighted by molar-refractivity contribution is 5.30. The van der Waals surface area contributed by atoms with Gasteiger partial charge in [0.25, 0.3) is 0 Å². The maximum absolute atomic E-state index is 5.77. The average molecular weight is 235 g/mol. The molecule has 1 aromatic rings. The third-order valence-corrected chi connectivity index (χ3v) is 3.03. The summed E-state index contributed by atoms with van der Waals surface area (Å²) in [6, 6.07) is 8.49. The number of ether oxygens (including phenoxy) is 2. The molecule has 1 heterocycles. The summed E-state index contributed by atoms with van der Waals surface area (Å²) in [6.07, 6.45) is 1.13. The summed E-state index contributed by atoms with van der Waals surface area (Å²) in [5, 5.41) is 3.24. The highest BCUT2D eigenvalue weighted by Gasteiger charge is 2.20. The molecule has 0 aliphatic carbocycles. The minimum Gasteiger partial charge on any atom is -0.377 e. The van der Waals surface area contributed by atoms with Gasteiger partial charge in [0.1, 0.15) is 6.10 Å². The third-order valence-electron chi connectivity index (χ3n) is 3.03. The molecule has 0 spiro atoms. The van der Waals surface area contributed by atoms with E-state index >= 15 is 0 Å². The van der Waals surface area contributed by atoms with Crippen molar-refractivity contribution in [1.29, 1.82) is 0 Å². The molecule has 1 N–H and O–H groups in total. The van der Waals surface area contributed by atoms with Crippen LogP contribution >= 0.6 is 0 Å². The van der Waals surface area contributed by atoms with Gasteiger partial charge in [-0.15, -0.1) is 0 Å². The van der Waals surface area contributed by atoms with Crippen LogP contribution in [0.3, 0.4) is 0 Å². The monoisotopic (exact) mass is 235 g/mol. The standard InChI is InChI=1S/C14H21NO2/c1-2-15-8-10-16-11-14-13-6-4-3-5-12(13)7-9-17-14/h3-6,14-15H,2,7-11H2,1H3. The molecule has 0 radical (unpaired) electrons. The van der Waals surface area contributed by atoms with Gasteiger partial charge in [-0.1, -0.05) is 31.2 Å². The van der Waals surface area contributed by atoms with Crippen LogP contribution in [0.2, 0.25) is 0 Å². The summed E-state index contributed by atoms with van der Waals surface area (Å²) in [7, 11) is 0. The van der Waals surface area contributed by atoms with E-state index in [0.29, 0.717) is 6.61 Å². The van der Waals surface area contributed by atoms with E-state index in [1.165, 1.54) is 11.1 Å². The van der Waals surface area contributed by atoms with E-state index in [2.05, 4.69) is 36.5 Å². The van der Waals surface area contributed by atoms with Gasteiger partial charge in [-0.05, 0) is 24.1 Å². The van der Waals surface area contributed by atoms with Gasteiger partial charge in [0.05, 0.1) is 19.8 Å². The van der Waals surface area contributed by atoms with Crippen molar-refractivity contribution >= 4 is 0 Å². The Balaban J connectivity index is 1.82. The molecule has 1 atom stereocenters. The normalized spacial score (nSPS) is 19.0. The van der Waals surface area contributed by atoms with Gasteiger partial charge in [0.2, 0.25) is 0 Å². The van der Waals surface area contributed by atoms with Crippen LogP contribution in [0, 0.1) is 0 Å². The molecule has 3 heteroatoms. The second-order valence-electron chi connectivity index (χ2n) is 4.24. The van der Waals surface area contributed by atoms with Gasteiger partial charge in [-0.2, -0.15) is 0 Å². The Labute approximate surface area is 103 Å². The van der Waals surface area contributed by atoms with E-state index in [1.54, 1.807) is 0 Å². The summed E-state index contributed by atoms with van der Waals surface area (Å²) in [4.78, 5) is 0. The molecule has 0 aromatic heterocycles. The summed E-state index contributed by atoms with van der Waals surface area (Å²) >= 11 is 0. The molecule has 0 saturated carbocycles.